The van der Waals surface area contributed by atoms with Crippen LogP contribution in [0.2, 0.25) is 0 Å². The standard InChI is InChI=1S/C22H24O4Si/c1-23-17-5-11-20(12-6-17)27(26-4,21-13-7-18(24-2)8-14-21)22-15-9-19(25-3)10-16-22/h5-16H,1-4H3. The van der Waals surface area contributed by atoms with Crippen LogP contribution in [0.25, 0.3) is 0 Å². The topological polar surface area (TPSA) is 36.9 Å². The summed E-state index contributed by atoms with van der Waals surface area (Å²) in [7, 11) is 4.12. The summed E-state index contributed by atoms with van der Waals surface area (Å²) in [5.74, 6) is 2.46. The largest absolute Gasteiger partial charge is 0.497 e. The zero-order chi connectivity index (χ0) is 19.3. The van der Waals surface area contributed by atoms with E-state index in [1.807, 2.05) is 36.4 Å². The van der Waals surface area contributed by atoms with Crippen LogP contribution in [0.15, 0.2) is 72.8 Å². The van der Waals surface area contributed by atoms with Gasteiger partial charge in [0.2, 0.25) is 0 Å². The van der Waals surface area contributed by atoms with E-state index in [-0.39, 0.29) is 0 Å². The van der Waals surface area contributed by atoms with Crippen molar-refractivity contribution >= 4 is 23.9 Å². The van der Waals surface area contributed by atoms with Crippen molar-refractivity contribution in [3.8, 4) is 17.2 Å². The zero-order valence-corrected chi connectivity index (χ0v) is 17.1. The molecular formula is C22H24O4Si. The van der Waals surface area contributed by atoms with Crippen molar-refractivity contribution < 1.29 is 18.6 Å². The Morgan fingerprint density at radius 3 is 0.889 bits per heavy atom. The molecule has 0 bridgehead atoms. The molecule has 0 unspecified atom stereocenters. The summed E-state index contributed by atoms with van der Waals surface area (Å²) in [6, 6.07) is 24.4. The molecule has 27 heavy (non-hydrogen) atoms. The van der Waals surface area contributed by atoms with Crippen LogP contribution in [0.5, 0.6) is 17.2 Å². The Labute approximate surface area is 161 Å². The number of hydrogen-bond donors (Lipinski definition) is 0. The molecule has 0 atom stereocenters. The van der Waals surface area contributed by atoms with Crippen LogP contribution in [-0.2, 0) is 4.43 Å². The van der Waals surface area contributed by atoms with E-state index < -0.39 is 8.32 Å². The highest BCUT2D eigenvalue weighted by Crippen LogP contribution is 2.16. The second kappa shape index (κ2) is 8.29. The molecular weight excluding hydrogens is 356 g/mol. The average Bonchev–Trinajstić information content (AvgIpc) is 2.76. The van der Waals surface area contributed by atoms with Crippen LogP contribution in [0.3, 0.4) is 0 Å². The fourth-order valence-corrected chi connectivity index (χ4v) is 6.95. The predicted molar refractivity (Wildman–Crippen MR) is 111 cm³/mol. The van der Waals surface area contributed by atoms with E-state index >= 15 is 0 Å². The van der Waals surface area contributed by atoms with Crippen LogP contribution in [0.1, 0.15) is 0 Å². The molecule has 3 aromatic carbocycles. The van der Waals surface area contributed by atoms with Crippen molar-refractivity contribution in [2.75, 3.05) is 28.4 Å². The van der Waals surface area contributed by atoms with Crippen LogP contribution >= 0.6 is 0 Å². The highest BCUT2D eigenvalue weighted by Gasteiger charge is 2.41. The predicted octanol–water partition coefficient (Wildman–Crippen LogP) is 2.33. The van der Waals surface area contributed by atoms with Gasteiger partial charge in [-0.25, -0.2) is 0 Å². The molecule has 0 saturated carbocycles. The van der Waals surface area contributed by atoms with E-state index in [1.54, 1.807) is 28.4 Å². The zero-order valence-electron chi connectivity index (χ0n) is 16.1. The van der Waals surface area contributed by atoms with Gasteiger partial charge < -0.3 is 18.6 Å². The molecule has 0 heterocycles. The Kier molecular flexibility index (Phi) is 5.83. The molecule has 0 amide bonds. The van der Waals surface area contributed by atoms with Crippen molar-refractivity contribution in [1.29, 1.82) is 0 Å². The smallest absolute Gasteiger partial charge is 0.288 e. The van der Waals surface area contributed by atoms with Crippen molar-refractivity contribution in [3.05, 3.63) is 72.8 Å². The van der Waals surface area contributed by atoms with Gasteiger partial charge in [-0.2, -0.15) is 0 Å². The lowest BCUT2D eigenvalue weighted by Crippen LogP contribution is -2.68. The lowest BCUT2D eigenvalue weighted by atomic mass is 10.3. The third kappa shape index (κ3) is 3.56. The Morgan fingerprint density at radius 2 is 0.704 bits per heavy atom. The maximum Gasteiger partial charge on any atom is 0.288 e. The molecule has 0 fully saturated rings. The minimum Gasteiger partial charge on any atom is -0.497 e. The van der Waals surface area contributed by atoms with E-state index in [0.717, 1.165) is 32.8 Å². The van der Waals surface area contributed by atoms with Gasteiger partial charge in [0.1, 0.15) is 17.2 Å². The second-order valence-corrected chi connectivity index (χ2v) is 9.57. The Morgan fingerprint density at radius 1 is 0.444 bits per heavy atom. The number of rotatable bonds is 7. The number of hydrogen-bond acceptors (Lipinski definition) is 4. The van der Waals surface area contributed by atoms with Crippen molar-refractivity contribution in [1.82, 2.24) is 0 Å². The molecule has 0 radical (unpaired) electrons. The lowest BCUT2D eigenvalue weighted by Gasteiger charge is -2.31. The van der Waals surface area contributed by atoms with Crippen LogP contribution < -0.4 is 29.8 Å². The molecule has 3 aromatic rings. The minimum absolute atomic E-state index is 0.821. The molecule has 4 nitrogen and oxygen atoms in total. The average molecular weight is 381 g/mol. The molecule has 3 rings (SSSR count). The van der Waals surface area contributed by atoms with Crippen molar-refractivity contribution in [3.63, 3.8) is 0 Å². The highest BCUT2D eigenvalue weighted by atomic mass is 28.4. The fourth-order valence-electron chi connectivity index (χ4n) is 3.33. The monoisotopic (exact) mass is 380 g/mol. The van der Waals surface area contributed by atoms with Gasteiger partial charge >= 0.3 is 0 Å². The lowest BCUT2D eigenvalue weighted by molar-refractivity contribution is 0.413. The van der Waals surface area contributed by atoms with Gasteiger partial charge in [-0.05, 0) is 52.0 Å². The van der Waals surface area contributed by atoms with E-state index in [2.05, 4.69) is 36.4 Å². The molecule has 5 heteroatoms. The quantitative estimate of drug-likeness (QED) is 0.466. The van der Waals surface area contributed by atoms with E-state index in [4.69, 9.17) is 18.6 Å². The molecule has 140 valence electrons. The molecule has 0 aliphatic carbocycles. The van der Waals surface area contributed by atoms with Gasteiger partial charge in [-0.15, -0.1) is 0 Å². The van der Waals surface area contributed by atoms with Gasteiger partial charge in [0, 0.05) is 7.11 Å². The maximum absolute atomic E-state index is 6.33. The third-order valence-corrected chi connectivity index (χ3v) is 8.85. The van der Waals surface area contributed by atoms with Crippen LogP contribution in [0.4, 0.5) is 0 Å². The summed E-state index contributed by atoms with van der Waals surface area (Å²) in [5.41, 5.74) is 0. The van der Waals surface area contributed by atoms with Gasteiger partial charge in [0.05, 0.1) is 21.3 Å². The van der Waals surface area contributed by atoms with Gasteiger partial charge in [-0.3, -0.25) is 0 Å². The van der Waals surface area contributed by atoms with Crippen molar-refractivity contribution in [2.24, 2.45) is 0 Å². The van der Waals surface area contributed by atoms with Gasteiger partial charge in [-0.1, -0.05) is 36.4 Å². The van der Waals surface area contributed by atoms with E-state index in [0.29, 0.717) is 0 Å². The molecule has 0 saturated heterocycles. The van der Waals surface area contributed by atoms with Crippen LogP contribution in [-0.4, -0.2) is 36.8 Å². The summed E-state index contributed by atoms with van der Waals surface area (Å²) in [4.78, 5) is 0. The molecule has 0 aliphatic rings. The fraction of sp³-hybridized carbons (Fsp3) is 0.182. The summed E-state index contributed by atoms with van der Waals surface area (Å²) in [6.45, 7) is 0. The first-order valence-corrected chi connectivity index (χ1v) is 10.6. The summed E-state index contributed by atoms with van der Waals surface area (Å²) in [6.07, 6.45) is 0. The Balaban J connectivity index is 2.20. The Hall–Kier alpha value is -2.76. The minimum atomic E-state index is -2.67. The summed E-state index contributed by atoms with van der Waals surface area (Å²) >= 11 is 0. The SMILES string of the molecule is COc1ccc([Si](OC)(c2ccc(OC)cc2)c2ccc(OC)cc2)cc1. The number of methoxy groups -OCH3 is 3. The van der Waals surface area contributed by atoms with E-state index in [9.17, 15) is 0 Å². The van der Waals surface area contributed by atoms with Gasteiger partial charge in [0.25, 0.3) is 8.32 Å². The molecule has 0 aromatic heterocycles. The highest BCUT2D eigenvalue weighted by molar-refractivity contribution is 7.07. The summed E-state index contributed by atoms with van der Waals surface area (Å²) < 4.78 is 22.3. The van der Waals surface area contributed by atoms with E-state index in [1.165, 1.54) is 0 Å². The Bertz CT molecular complexity index is 743. The molecule has 0 aliphatic heterocycles. The van der Waals surface area contributed by atoms with Crippen molar-refractivity contribution in [2.45, 2.75) is 0 Å². The normalized spacial score (nSPS) is 11.1. The van der Waals surface area contributed by atoms with Gasteiger partial charge in [0.15, 0.2) is 0 Å². The summed E-state index contributed by atoms with van der Waals surface area (Å²) in [5, 5.41) is 3.42. The first kappa shape index (κ1) is 19.0. The molecule has 0 N–H and O–H groups in total. The van der Waals surface area contributed by atoms with Crippen LogP contribution in [0, 0.1) is 0 Å². The first-order valence-electron chi connectivity index (χ1n) is 8.66. The first-order chi connectivity index (χ1) is 13.2. The second-order valence-electron chi connectivity index (χ2n) is 6.07. The maximum atomic E-state index is 6.33. The third-order valence-electron chi connectivity index (χ3n) is 4.80. The number of benzene rings is 3. The molecule has 0 spiro atoms. The number of ether oxygens (including phenoxy) is 3.